The van der Waals surface area contributed by atoms with E-state index in [0.29, 0.717) is 13.0 Å². The molecular formula is C22H28N4O2. The highest BCUT2D eigenvalue weighted by atomic mass is 16.5. The molecule has 1 N–H and O–H groups in total. The number of fused-ring (bicyclic) bond motifs is 1. The van der Waals surface area contributed by atoms with E-state index in [4.69, 9.17) is 4.74 Å². The molecule has 3 heterocycles. The van der Waals surface area contributed by atoms with E-state index in [1.54, 1.807) is 0 Å². The fourth-order valence-corrected chi connectivity index (χ4v) is 3.71. The summed E-state index contributed by atoms with van der Waals surface area (Å²) in [6.07, 6.45) is 2.03. The minimum absolute atomic E-state index is 0.0744. The molecule has 4 rings (SSSR count). The number of benzene rings is 1. The monoisotopic (exact) mass is 380 g/mol. The SMILES string of the molecule is Cc1cc2c(cc1C)OC(C(=O)NCc1ccc(N3CCN(C)CC3)nc1)C2. The largest absolute Gasteiger partial charge is 0.480 e. The maximum absolute atomic E-state index is 12.5. The maximum Gasteiger partial charge on any atom is 0.261 e. The molecule has 1 aromatic heterocycles. The second-order valence-corrected chi connectivity index (χ2v) is 7.89. The molecule has 1 aromatic carbocycles. The van der Waals surface area contributed by atoms with E-state index < -0.39 is 6.10 Å². The van der Waals surface area contributed by atoms with E-state index in [-0.39, 0.29) is 5.91 Å². The Kier molecular flexibility index (Phi) is 5.22. The van der Waals surface area contributed by atoms with Gasteiger partial charge < -0.3 is 19.9 Å². The van der Waals surface area contributed by atoms with E-state index >= 15 is 0 Å². The lowest BCUT2D eigenvalue weighted by atomic mass is 10.0. The Bertz CT molecular complexity index is 827. The number of piperazine rings is 1. The Balaban J connectivity index is 1.30. The fraction of sp³-hybridized carbons (Fsp3) is 0.455. The van der Waals surface area contributed by atoms with Gasteiger partial charge in [0.2, 0.25) is 0 Å². The normalized spacial score (nSPS) is 19.2. The topological polar surface area (TPSA) is 57.7 Å². The number of carbonyl (C=O) groups excluding carboxylic acids is 1. The van der Waals surface area contributed by atoms with Gasteiger partial charge in [-0.25, -0.2) is 4.98 Å². The van der Waals surface area contributed by atoms with Crippen molar-refractivity contribution in [1.82, 2.24) is 15.2 Å². The Morgan fingerprint density at radius 2 is 1.93 bits per heavy atom. The number of hydrogen-bond acceptors (Lipinski definition) is 5. The number of likely N-dealkylation sites (N-methyl/N-ethyl adjacent to an activating group) is 1. The molecule has 1 fully saturated rings. The first-order valence-electron chi connectivity index (χ1n) is 9.92. The van der Waals surface area contributed by atoms with Crippen LogP contribution >= 0.6 is 0 Å². The summed E-state index contributed by atoms with van der Waals surface area (Å²) in [7, 11) is 2.14. The molecule has 0 aliphatic carbocycles. The van der Waals surface area contributed by atoms with Gasteiger partial charge in [0.15, 0.2) is 6.10 Å². The lowest BCUT2D eigenvalue weighted by Gasteiger charge is -2.33. The molecule has 0 saturated carbocycles. The van der Waals surface area contributed by atoms with Crippen LogP contribution < -0.4 is 15.0 Å². The van der Waals surface area contributed by atoms with Crippen LogP contribution in [0.1, 0.15) is 22.3 Å². The number of nitrogens with zero attached hydrogens (tertiary/aromatic N) is 3. The van der Waals surface area contributed by atoms with Gasteiger partial charge >= 0.3 is 0 Å². The molecule has 1 amide bonds. The van der Waals surface area contributed by atoms with Crippen LogP contribution in [0.3, 0.4) is 0 Å². The first-order chi connectivity index (χ1) is 13.5. The number of anilines is 1. The Hall–Kier alpha value is -2.60. The van der Waals surface area contributed by atoms with Gasteiger partial charge in [-0.05, 0) is 55.3 Å². The number of ether oxygens (including phenoxy) is 1. The first-order valence-corrected chi connectivity index (χ1v) is 9.92. The predicted molar refractivity (Wildman–Crippen MR) is 110 cm³/mol. The lowest BCUT2D eigenvalue weighted by Crippen LogP contribution is -2.44. The third-order valence-electron chi connectivity index (χ3n) is 5.75. The molecule has 148 valence electrons. The van der Waals surface area contributed by atoms with Gasteiger partial charge in [0.05, 0.1) is 0 Å². The number of amides is 1. The predicted octanol–water partition coefficient (Wildman–Crippen LogP) is 2.07. The Morgan fingerprint density at radius 3 is 2.64 bits per heavy atom. The lowest BCUT2D eigenvalue weighted by molar-refractivity contribution is -0.127. The van der Waals surface area contributed by atoms with Crippen LogP contribution in [-0.2, 0) is 17.8 Å². The van der Waals surface area contributed by atoms with E-state index in [2.05, 4.69) is 47.1 Å². The zero-order chi connectivity index (χ0) is 19.7. The van der Waals surface area contributed by atoms with Gasteiger partial charge in [-0.3, -0.25) is 4.79 Å². The molecule has 1 saturated heterocycles. The first kappa shape index (κ1) is 18.7. The molecule has 2 aromatic rings. The van der Waals surface area contributed by atoms with Crippen molar-refractivity contribution in [3.05, 3.63) is 52.7 Å². The van der Waals surface area contributed by atoms with Crippen LogP contribution in [0.25, 0.3) is 0 Å². The third-order valence-corrected chi connectivity index (χ3v) is 5.75. The molecular weight excluding hydrogens is 352 g/mol. The van der Waals surface area contributed by atoms with Crippen molar-refractivity contribution in [2.75, 3.05) is 38.1 Å². The molecule has 6 nitrogen and oxygen atoms in total. The number of rotatable bonds is 4. The minimum Gasteiger partial charge on any atom is -0.480 e. The summed E-state index contributed by atoms with van der Waals surface area (Å²) >= 11 is 0. The van der Waals surface area contributed by atoms with Crippen molar-refractivity contribution in [3.63, 3.8) is 0 Å². The summed E-state index contributed by atoms with van der Waals surface area (Å²) in [5, 5.41) is 2.99. The van der Waals surface area contributed by atoms with Crippen molar-refractivity contribution in [1.29, 1.82) is 0 Å². The van der Waals surface area contributed by atoms with Crippen molar-refractivity contribution in [2.24, 2.45) is 0 Å². The Labute approximate surface area is 166 Å². The van der Waals surface area contributed by atoms with E-state index in [9.17, 15) is 4.79 Å². The van der Waals surface area contributed by atoms with Gasteiger partial charge in [0, 0.05) is 45.3 Å². The van der Waals surface area contributed by atoms with E-state index in [1.165, 1.54) is 11.1 Å². The fourth-order valence-electron chi connectivity index (χ4n) is 3.71. The summed E-state index contributed by atoms with van der Waals surface area (Å²) in [5.74, 6) is 1.76. The highest BCUT2D eigenvalue weighted by Crippen LogP contribution is 2.31. The standard InChI is InChI=1S/C22H28N4O2/c1-15-10-18-12-20(28-19(18)11-16(15)2)22(27)24-14-17-4-5-21(23-13-17)26-8-6-25(3)7-9-26/h4-5,10-11,13,20H,6-9,12,14H2,1-3H3,(H,24,27). The molecule has 2 aliphatic rings. The summed E-state index contributed by atoms with van der Waals surface area (Å²) in [4.78, 5) is 21.7. The molecule has 0 spiro atoms. The second-order valence-electron chi connectivity index (χ2n) is 7.89. The third kappa shape index (κ3) is 3.97. The number of carbonyl (C=O) groups is 1. The van der Waals surface area contributed by atoms with Gasteiger partial charge in [0.25, 0.3) is 5.91 Å². The molecule has 1 atom stereocenters. The molecule has 6 heteroatoms. The van der Waals surface area contributed by atoms with Crippen LogP contribution in [0.2, 0.25) is 0 Å². The Morgan fingerprint density at radius 1 is 1.18 bits per heavy atom. The van der Waals surface area contributed by atoms with Crippen LogP contribution in [0.4, 0.5) is 5.82 Å². The number of aromatic nitrogens is 1. The minimum atomic E-state index is -0.450. The number of aryl methyl sites for hydroxylation is 2. The summed E-state index contributed by atoms with van der Waals surface area (Å²) in [6.45, 7) is 8.72. The summed E-state index contributed by atoms with van der Waals surface area (Å²) in [6, 6.07) is 8.23. The highest BCUT2D eigenvalue weighted by Gasteiger charge is 2.29. The highest BCUT2D eigenvalue weighted by molar-refractivity contribution is 5.82. The van der Waals surface area contributed by atoms with Crippen molar-refractivity contribution in [2.45, 2.75) is 32.9 Å². The smallest absolute Gasteiger partial charge is 0.261 e. The van der Waals surface area contributed by atoms with Crippen molar-refractivity contribution in [3.8, 4) is 5.75 Å². The van der Waals surface area contributed by atoms with Crippen LogP contribution in [0.15, 0.2) is 30.5 Å². The maximum atomic E-state index is 12.5. The second kappa shape index (κ2) is 7.80. The zero-order valence-corrected chi connectivity index (χ0v) is 16.9. The van der Waals surface area contributed by atoms with Gasteiger partial charge in [-0.2, -0.15) is 0 Å². The number of pyridine rings is 1. The van der Waals surface area contributed by atoms with Gasteiger partial charge in [-0.15, -0.1) is 0 Å². The number of hydrogen-bond donors (Lipinski definition) is 1. The van der Waals surface area contributed by atoms with Gasteiger partial charge in [-0.1, -0.05) is 12.1 Å². The van der Waals surface area contributed by atoms with E-state index in [1.807, 2.05) is 24.4 Å². The number of nitrogens with one attached hydrogen (secondary N) is 1. The van der Waals surface area contributed by atoms with Crippen LogP contribution in [0, 0.1) is 13.8 Å². The zero-order valence-electron chi connectivity index (χ0n) is 16.9. The van der Waals surface area contributed by atoms with Crippen LogP contribution in [-0.4, -0.2) is 55.1 Å². The van der Waals surface area contributed by atoms with Crippen LogP contribution in [0.5, 0.6) is 5.75 Å². The summed E-state index contributed by atoms with van der Waals surface area (Å²) in [5.41, 5.74) is 4.52. The van der Waals surface area contributed by atoms with Crippen molar-refractivity contribution >= 4 is 11.7 Å². The average Bonchev–Trinajstić information content (AvgIpc) is 3.10. The quantitative estimate of drug-likeness (QED) is 0.880. The molecule has 1 unspecified atom stereocenters. The molecule has 2 aliphatic heterocycles. The van der Waals surface area contributed by atoms with Gasteiger partial charge in [0.1, 0.15) is 11.6 Å². The molecule has 28 heavy (non-hydrogen) atoms. The van der Waals surface area contributed by atoms with E-state index in [0.717, 1.165) is 48.9 Å². The van der Waals surface area contributed by atoms with Crippen molar-refractivity contribution < 1.29 is 9.53 Å². The average molecular weight is 380 g/mol. The summed E-state index contributed by atoms with van der Waals surface area (Å²) < 4.78 is 5.86. The molecule has 0 bridgehead atoms. The molecule has 0 radical (unpaired) electrons.